The van der Waals surface area contributed by atoms with Gasteiger partial charge in [-0.1, -0.05) is 175 Å². The Bertz CT molecular complexity index is 856. The topological polar surface area (TPSA) is 84.9 Å². The van der Waals surface area contributed by atoms with Gasteiger partial charge in [0, 0.05) is 51.6 Å². The number of nitrogens with zero attached hydrogens (tertiary/aromatic N) is 2. The number of unbranched alkanes of at least 4 members (excludes halogenated alkanes) is 20. The van der Waals surface area contributed by atoms with Crippen LogP contribution in [0.3, 0.4) is 0 Å². The lowest BCUT2D eigenvalue weighted by Gasteiger charge is -2.38. The van der Waals surface area contributed by atoms with Crippen LogP contribution in [-0.2, 0) is 9.59 Å². The first-order valence-corrected chi connectivity index (χ1v) is 26.6. The Kier molecular flexibility index (Phi) is 39.9. The fourth-order valence-electron chi connectivity index (χ4n) is 9.09. The maximum absolute atomic E-state index is 12.9. The zero-order valence-corrected chi connectivity index (χ0v) is 40.3. The summed E-state index contributed by atoms with van der Waals surface area (Å²) in [5, 5.41) is 16.4. The first kappa shape index (κ1) is 55.8. The molecule has 59 heavy (non-hydrogen) atoms. The van der Waals surface area contributed by atoms with E-state index in [0.717, 1.165) is 84.3 Å². The van der Waals surface area contributed by atoms with Gasteiger partial charge in [0.2, 0.25) is 11.8 Å². The molecule has 7 nitrogen and oxygen atoms in total. The van der Waals surface area contributed by atoms with Crippen molar-refractivity contribution in [1.29, 1.82) is 0 Å². The highest BCUT2D eigenvalue weighted by Crippen LogP contribution is 2.25. The van der Waals surface area contributed by atoms with Crippen molar-refractivity contribution in [3.63, 3.8) is 0 Å². The predicted molar refractivity (Wildman–Crippen MR) is 256 cm³/mol. The zero-order chi connectivity index (χ0) is 42.9. The molecule has 0 aromatic rings. The Morgan fingerprint density at radius 1 is 0.475 bits per heavy atom. The molecule has 1 aliphatic rings. The largest absolute Gasteiger partial charge is 0.395 e. The highest BCUT2D eigenvalue weighted by molar-refractivity contribution is 5.76. The molecule has 2 unspecified atom stereocenters. The van der Waals surface area contributed by atoms with Crippen LogP contribution in [0, 0.1) is 11.8 Å². The average molecular weight is 833 g/mol. The summed E-state index contributed by atoms with van der Waals surface area (Å²) in [6.45, 7) is 16.0. The molecule has 3 N–H and O–H groups in total. The van der Waals surface area contributed by atoms with Crippen molar-refractivity contribution in [2.75, 3.05) is 52.4 Å². The van der Waals surface area contributed by atoms with Crippen molar-refractivity contribution in [2.45, 2.75) is 258 Å². The first-order chi connectivity index (χ1) is 29.0. The van der Waals surface area contributed by atoms with Gasteiger partial charge < -0.3 is 20.6 Å². The lowest BCUT2D eigenvalue weighted by Crippen LogP contribution is -2.45. The van der Waals surface area contributed by atoms with Gasteiger partial charge in [-0.25, -0.2) is 0 Å². The number of hydrogen-bond donors (Lipinski definition) is 3. The van der Waals surface area contributed by atoms with Gasteiger partial charge in [0.1, 0.15) is 0 Å². The van der Waals surface area contributed by atoms with Crippen molar-refractivity contribution in [1.82, 2.24) is 20.4 Å². The fourth-order valence-corrected chi connectivity index (χ4v) is 9.09. The van der Waals surface area contributed by atoms with Gasteiger partial charge in [0.25, 0.3) is 0 Å². The Morgan fingerprint density at radius 2 is 0.847 bits per heavy atom. The van der Waals surface area contributed by atoms with E-state index in [4.69, 9.17) is 0 Å². The molecule has 0 aromatic heterocycles. The van der Waals surface area contributed by atoms with Gasteiger partial charge in [0.05, 0.1) is 6.61 Å². The summed E-state index contributed by atoms with van der Waals surface area (Å²) >= 11 is 0. The molecule has 350 valence electrons. The summed E-state index contributed by atoms with van der Waals surface area (Å²) in [4.78, 5) is 30.9. The molecule has 0 heterocycles. The maximum atomic E-state index is 12.9. The van der Waals surface area contributed by atoms with E-state index in [0.29, 0.717) is 30.7 Å². The first-order valence-electron chi connectivity index (χ1n) is 26.6. The van der Waals surface area contributed by atoms with Crippen LogP contribution in [0.15, 0.2) is 0 Å². The van der Waals surface area contributed by atoms with E-state index in [1.54, 1.807) is 0 Å². The quantitative estimate of drug-likeness (QED) is 0.0532. The maximum Gasteiger partial charge on any atom is 0.220 e. The van der Waals surface area contributed by atoms with E-state index in [1.807, 2.05) is 0 Å². The van der Waals surface area contributed by atoms with Crippen LogP contribution in [0.2, 0.25) is 0 Å². The number of aliphatic hydroxyl groups is 1. The lowest BCUT2D eigenvalue weighted by atomic mass is 9.91. The van der Waals surface area contributed by atoms with E-state index in [-0.39, 0.29) is 18.4 Å². The summed E-state index contributed by atoms with van der Waals surface area (Å²) in [6, 6.07) is 0.643. The predicted octanol–water partition coefficient (Wildman–Crippen LogP) is 13.2. The standard InChI is InChI=1S/C52H104N4O3/c1-5-9-13-17-19-25-34-48(32-23-15-11-7-3)46-53-51(58)38-27-21-29-40-55(42-43-56(44-45-57)50-36-31-37-50)41-30-22-28-39-52(59)54-47-49(33-24-16-12-8-4)35-26-20-18-14-10-6-2/h48-50,57H,5-47H2,1-4H3,(H,53,58)(H,54,59). The van der Waals surface area contributed by atoms with Gasteiger partial charge in [-0.05, 0) is 89.1 Å². The molecule has 0 saturated heterocycles. The molecule has 1 aliphatic carbocycles. The SMILES string of the molecule is CCCCCCCCC(CCCCCC)CNC(=O)CCCCCN(CCCCCC(=O)NCC(CCCCCC)CCCCCCCC)CCN(CCO)C1CCC1. The second-order valence-electron chi connectivity index (χ2n) is 19.0. The van der Waals surface area contributed by atoms with Crippen molar-refractivity contribution in [2.24, 2.45) is 11.8 Å². The van der Waals surface area contributed by atoms with E-state index in [1.165, 1.54) is 173 Å². The Hall–Kier alpha value is -1.18. The summed E-state index contributed by atoms with van der Waals surface area (Å²) in [6.07, 6.45) is 43.0. The smallest absolute Gasteiger partial charge is 0.220 e. The summed E-state index contributed by atoms with van der Waals surface area (Å²) in [5.74, 6) is 1.75. The van der Waals surface area contributed by atoms with Gasteiger partial charge in [-0.3, -0.25) is 14.5 Å². The molecule has 7 heteroatoms. The van der Waals surface area contributed by atoms with E-state index in [9.17, 15) is 14.7 Å². The number of hydrogen-bond acceptors (Lipinski definition) is 5. The highest BCUT2D eigenvalue weighted by Gasteiger charge is 2.24. The normalized spacial score (nSPS) is 14.2. The van der Waals surface area contributed by atoms with Crippen molar-refractivity contribution < 1.29 is 14.7 Å². The summed E-state index contributed by atoms with van der Waals surface area (Å²) < 4.78 is 0. The molecule has 2 amide bonds. The number of carbonyl (C=O) groups excluding carboxylic acids is 2. The minimum absolute atomic E-state index is 0.234. The second-order valence-corrected chi connectivity index (χ2v) is 19.0. The summed E-state index contributed by atoms with van der Waals surface area (Å²) in [7, 11) is 0. The molecule has 1 saturated carbocycles. The van der Waals surface area contributed by atoms with Gasteiger partial charge in [0.15, 0.2) is 0 Å². The molecule has 0 radical (unpaired) electrons. The lowest BCUT2D eigenvalue weighted by molar-refractivity contribution is -0.122. The number of nitrogens with one attached hydrogen (secondary N) is 2. The van der Waals surface area contributed by atoms with E-state index < -0.39 is 0 Å². The molecule has 0 aliphatic heterocycles. The van der Waals surface area contributed by atoms with Gasteiger partial charge in [-0.2, -0.15) is 0 Å². The van der Waals surface area contributed by atoms with E-state index >= 15 is 0 Å². The number of amides is 2. The van der Waals surface area contributed by atoms with Crippen LogP contribution < -0.4 is 10.6 Å². The van der Waals surface area contributed by atoms with Gasteiger partial charge in [-0.15, -0.1) is 0 Å². The molecule has 0 spiro atoms. The fraction of sp³-hybridized carbons (Fsp3) is 0.962. The van der Waals surface area contributed by atoms with Crippen LogP contribution >= 0.6 is 0 Å². The van der Waals surface area contributed by atoms with Crippen LogP contribution in [0.5, 0.6) is 0 Å². The molecule has 0 bridgehead atoms. The number of rotatable bonds is 46. The molecule has 1 rings (SSSR count). The van der Waals surface area contributed by atoms with Gasteiger partial charge >= 0.3 is 0 Å². The van der Waals surface area contributed by atoms with Crippen molar-refractivity contribution in [3.8, 4) is 0 Å². The average Bonchev–Trinajstić information content (AvgIpc) is 3.21. The third-order valence-electron chi connectivity index (χ3n) is 13.5. The molecular formula is C52H104N4O3. The van der Waals surface area contributed by atoms with Crippen molar-refractivity contribution >= 4 is 11.8 Å². The van der Waals surface area contributed by atoms with Crippen LogP contribution in [-0.4, -0.2) is 85.2 Å². The number of carbonyl (C=O) groups is 2. The minimum atomic E-state index is 0.234. The molecule has 0 aromatic carbocycles. The summed E-state index contributed by atoms with van der Waals surface area (Å²) in [5.41, 5.74) is 0. The molecule has 1 fully saturated rings. The van der Waals surface area contributed by atoms with E-state index in [2.05, 4.69) is 48.1 Å². The second kappa shape index (κ2) is 42.1. The minimum Gasteiger partial charge on any atom is -0.395 e. The number of aliphatic hydroxyl groups excluding tert-OH is 1. The van der Waals surface area contributed by atoms with Crippen molar-refractivity contribution in [3.05, 3.63) is 0 Å². The van der Waals surface area contributed by atoms with Crippen LogP contribution in [0.1, 0.15) is 252 Å². The van der Waals surface area contributed by atoms with Crippen LogP contribution in [0.4, 0.5) is 0 Å². The molecule has 2 atom stereocenters. The Morgan fingerprint density at radius 3 is 1.22 bits per heavy atom. The third kappa shape index (κ3) is 34.0. The monoisotopic (exact) mass is 833 g/mol. The van der Waals surface area contributed by atoms with Crippen LogP contribution in [0.25, 0.3) is 0 Å². The zero-order valence-electron chi connectivity index (χ0n) is 40.3. The Balaban J connectivity index is 2.47. The molecular weight excluding hydrogens is 729 g/mol. The third-order valence-corrected chi connectivity index (χ3v) is 13.5. The Labute approximate surface area is 368 Å². The highest BCUT2D eigenvalue weighted by atomic mass is 16.3.